The Morgan fingerprint density at radius 3 is 2.09 bits per heavy atom. The van der Waals surface area contributed by atoms with Gasteiger partial charge in [0.05, 0.1) is 6.07 Å². The summed E-state index contributed by atoms with van der Waals surface area (Å²) >= 11 is 0. The number of hydrogen-bond donors (Lipinski definition) is 1. The molecule has 2 aliphatic carbocycles. The first-order chi connectivity index (χ1) is 16.1. The molecule has 34 heavy (non-hydrogen) atoms. The first kappa shape index (κ1) is 24.3. The molecule has 2 aliphatic rings. The lowest BCUT2D eigenvalue weighted by Crippen LogP contribution is -2.46. The van der Waals surface area contributed by atoms with Gasteiger partial charge in [0.2, 0.25) is 0 Å². The molecule has 4 rings (SSSR count). The Kier molecular flexibility index (Phi) is 6.48. The van der Waals surface area contributed by atoms with E-state index < -0.39 is 11.8 Å². The van der Waals surface area contributed by atoms with E-state index in [4.69, 9.17) is 0 Å². The van der Waals surface area contributed by atoms with Gasteiger partial charge in [-0.3, -0.25) is 4.79 Å². The Morgan fingerprint density at radius 1 is 1.03 bits per heavy atom. The zero-order valence-electron chi connectivity index (χ0n) is 19.2. The molecule has 0 aliphatic heterocycles. The highest BCUT2D eigenvalue weighted by molar-refractivity contribution is 5.95. The Balaban J connectivity index is 1.51. The summed E-state index contributed by atoms with van der Waals surface area (Å²) in [4.78, 5) is 15.3. The second-order valence-electron chi connectivity index (χ2n) is 9.80. The van der Waals surface area contributed by atoms with E-state index in [1.54, 1.807) is 0 Å². The molecule has 2 aromatic carbocycles. The lowest BCUT2D eigenvalue weighted by atomic mass is 9.66. The summed E-state index contributed by atoms with van der Waals surface area (Å²) < 4.78 is 39.5. The molecule has 0 radical (unpaired) electrons. The smallest absolute Gasteiger partial charge is 0.376 e. The fourth-order valence-electron chi connectivity index (χ4n) is 5.18. The number of aliphatic hydroxyl groups is 1. The van der Waals surface area contributed by atoms with E-state index in [-0.39, 0.29) is 29.0 Å². The molecular weight excluding hydrogens is 441 g/mol. The summed E-state index contributed by atoms with van der Waals surface area (Å²) in [6.45, 7) is 0.711. The first-order valence-electron chi connectivity index (χ1n) is 11.7. The van der Waals surface area contributed by atoms with E-state index in [2.05, 4.69) is 18.2 Å². The molecule has 0 heterocycles. The van der Waals surface area contributed by atoms with Crippen LogP contribution in [0, 0.1) is 11.3 Å². The summed E-state index contributed by atoms with van der Waals surface area (Å²) in [5, 5.41) is 19.4. The monoisotopic (exact) mass is 470 g/mol. The van der Waals surface area contributed by atoms with Crippen molar-refractivity contribution < 1.29 is 23.1 Å². The van der Waals surface area contributed by atoms with Crippen LogP contribution in [0.4, 0.5) is 13.2 Å². The van der Waals surface area contributed by atoms with Gasteiger partial charge in [-0.05, 0) is 68.7 Å². The molecule has 2 aromatic rings. The van der Waals surface area contributed by atoms with Crippen LogP contribution in [0.15, 0.2) is 54.6 Å². The summed E-state index contributed by atoms with van der Waals surface area (Å²) in [7, 11) is 0. The quantitative estimate of drug-likeness (QED) is 0.576. The van der Waals surface area contributed by atoms with Crippen LogP contribution in [0.1, 0.15) is 73.4 Å². The third-order valence-corrected chi connectivity index (χ3v) is 7.53. The second-order valence-corrected chi connectivity index (χ2v) is 9.80. The summed E-state index contributed by atoms with van der Waals surface area (Å²) in [6, 6.07) is 17.7. The number of alkyl halides is 3. The lowest BCUT2D eigenvalue weighted by molar-refractivity contribution is -0.258. The normalized spacial score (nSPS) is 24.6. The van der Waals surface area contributed by atoms with Gasteiger partial charge in [0, 0.05) is 29.5 Å². The highest BCUT2D eigenvalue weighted by Gasteiger charge is 2.51. The maximum Gasteiger partial charge on any atom is 0.421 e. The van der Waals surface area contributed by atoms with Gasteiger partial charge in [-0.2, -0.15) is 18.4 Å². The number of benzene rings is 2. The fourth-order valence-corrected chi connectivity index (χ4v) is 5.18. The average molecular weight is 471 g/mol. The predicted octanol–water partition coefficient (Wildman–Crippen LogP) is 5.86. The molecule has 0 spiro atoms. The van der Waals surface area contributed by atoms with Gasteiger partial charge in [0.25, 0.3) is 5.91 Å². The number of hydrogen-bond acceptors (Lipinski definition) is 3. The fraction of sp³-hybridized carbons (Fsp3) is 0.481. The van der Waals surface area contributed by atoms with Crippen molar-refractivity contribution in [3.05, 3.63) is 71.3 Å². The number of nitriles is 1. The average Bonchev–Trinajstić information content (AvgIpc) is 3.65. The van der Waals surface area contributed by atoms with Gasteiger partial charge in [0.15, 0.2) is 5.60 Å². The van der Waals surface area contributed by atoms with Crippen LogP contribution < -0.4 is 0 Å². The number of halogens is 3. The SMILES string of the molecule is C[C@](O)(c1ccc(C(=O)N(C2CC2)[C@H]2CC[C@@](CC#N)(c3ccccc3)CC2)cc1)C(F)(F)F. The van der Waals surface area contributed by atoms with E-state index in [1.165, 1.54) is 24.3 Å². The molecule has 0 aromatic heterocycles. The Hall–Kier alpha value is -2.85. The van der Waals surface area contributed by atoms with Crippen molar-refractivity contribution in [1.82, 2.24) is 4.90 Å². The third-order valence-electron chi connectivity index (χ3n) is 7.53. The van der Waals surface area contributed by atoms with Gasteiger partial charge in [0.1, 0.15) is 0 Å². The van der Waals surface area contributed by atoms with Gasteiger partial charge < -0.3 is 10.0 Å². The largest absolute Gasteiger partial charge is 0.421 e. The predicted molar refractivity (Wildman–Crippen MR) is 122 cm³/mol. The van der Waals surface area contributed by atoms with E-state index in [0.29, 0.717) is 18.9 Å². The van der Waals surface area contributed by atoms with E-state index in [9.17, 15) is 28.3 Å². The Labute approximate surface area is 198 Å². The van der Waals surface area contributed by atoms with Crippen LogP contribution in [-0.2, 0) is 11.0 Å². The van der Waals surface area contributed by atoms with Gasteiger partial charge in [-0.1, -0.05) is 42.5 Å². The highest BCUT2D eigenvalue weighted by Crippen LogP contribution is 2.45. The first-order valence-corrected chi connectivity index (χ1v) is 11.7. The van der Waals surface area contributed by atoms with Crippen molar-refractivity contribution in [2.75, 3.05) is 0 Å². The molecule has 7 heteroatoms. The Morgan fingerprint density at radius 2 is 1.59 bits per heavy atom. The van der Waals surface area contributed by atoms with E-state index >= 15 is 0 Å². The van der Waals surface area contributed by atoms with Crippen molar-refractivity contribution in [3.8, 4) is 6.07 Å². The van der Waals surface area contributed by atoms with Crippen molar-refractivity contribution in [2.45, 2.75) is 81.1 Å². The molecule has 0 saturated heterocycles. The minimum atomic E-state index is -4.81. The summed E-state index contributed by atoms with van der Waals surface area (Å²) in [6.07, 6.45) is 0.630. The number of carbonyl (C=O) groups excluding carboxylic acids is 1. The zero-order chi connectivity index (χ0) is 24.6. The van der Waals surface area contributed by atoms with Crippen LogP contribution in [0.3, 0.4) is 0 Å². The standard InChI is InChI=1S/C27H29F3N2O2/c1-25(34,27(28,29)30)20-9-7-19(8-10-20)24(33)32(22-11-12-22)23-13-15-26(16-14-23,17-18-31)21-5-3-2-4-6-21/h2-10,22-23,34H,11-17H2,1H3/t23-,25-,26+/m0/s1. The minimum Gasteiger partial charge on any atom is -0.376 e. The summed E-state index contributed by atoms with van der Waals surface area (Å²) in [5.74, 6) is -0.182. The van der Waals surface area contributed by atoms with Crippen LogP contribution in [0.2, 0.25) is 0 Å². The van der Waals surface area contributed by atoms with Crippen LogP contribution in [0.25, 0.3) is 0 Å². The summed E-state index contributed by atoms with van der Waals surface area (Å²) in [5.41, 5.74) is -2.00. The third kappa shape index (κ3) is 4.56. The molecule has 1 N–H and O–H groups in total. The number of nitrogens with zero attached hydrogens (tertiary/aromatic N) is 2. The highest BCUT2D eigenvalue weighted by atomic mass is 19.4. The molecule has 2 fully saturated rings. The van der Waals surface area contributed by atoms with Gasteiger partial charge >= 0.3 is 6.18 Å². The van der Waals surface area contributed by atoms with Crippen molar-refractivity contribution >= 4 is 5.91 Å². The molecule has 1 atom stereocenters. The number of rotatable bonds is 6. The molecule has 2 saturated carbocycles. The molecule has 4 nitrogen and oxygen atoms in total. The topological polar surface area (TPSA) is 64.3 Å². The Bertz CT molecular complexity index is 1050. The maximum absolute atomic E-state index is 13.4. The number of amides is 1. The molecule has 0 bridgehead atoms. The molecule has 1 amide bonds. The zero-order valence-corrected chi connectivity index (χ0v) is 19.2. The van der Waals surface area contributed by atoms with E-state index in [0.717, 1.165) is 44.1 Å². The maximum atomic E-state index is 13.4. The van der Waals surface area contributed by atoms with Crippen molar-refractivity contribution in [3.63, 3.8) is 0 Å². The molecular formula is C27H29F3N2O2. The van der Waals surface area contributed by atoms with Gasteiger partial charge in [-0.15, -0.1) is 0 Å². The molecule has 180 valence electrons. The second kappa shape index (κ2) is 9.07. The molecule has 0 unspecified atom stereocenters. The lowest BCUT2D eigenvalue weighted by Gasteiger charge is -2.43. The van der Waals surface area contributed by atoms with Crippen molar-refractivity contribution in [1.29, 1.82) is 5.26 Å². The number of carbonyl (C=O) groups is 1. The van der Waals surface area contributed by atoms with Crippen LogP contribution >= 0.6 is 0 Å². The van der Waals surface area contributed by atoms with Crippen LogP contribution in [-0.4, -0.2) is 34.2 Å². The van der Waals surface area contributed by atoms with Crippen LogP contribution in [0.5, 0.6) is 0 Å². The van der Waals surface area contributed by atoms with E-state index in [1.807, 2.05) is 23.1 Å². The minimum absolute atomic E-state index is 0.0356. The van der Waals surface area contributed by atoms with Gasteiger partial charge in [-0.25, -0.2) is 0 Å². The van der Waals surface area contributed by atoms with Crippen molar-refractivity contribution in [2.24, 2.45) is 0 Å².